The molecule has 0 saturated heterocycles. The SMILES string of the molecule is O=P(c1ccccc1)(c1ccccc1)c1ccc(-c2ccc3c(c2)c2ccccc2n3-c2nc3ccccc3c3nc4ccccc4n23)cc1. The van der Waals surface area contributed by atoms with Gasteiger partial charge in [-0.1, -0.05) is 133 Å². The molecule has 236 valence electrons. The Hall–Kier alpha value is -6.29. The molecule has 6 heteroatoms. The summed E-state index contributed by atoms with van der Waals surface area (Å²) in [5, 5.41) is 5.77. The molecule has 0 atom stereocenters. The van der Waals surface area contributed by atoms with Crippen LogP contribution in [0.3, 0.4) is 0 Å². The van der Waals surface area contributed by atoms with E-state index in [0.29, 0.717) is 0 Å². The standard InChI is InChI=1S/C44H29N4OP/c49-50(32-13-3-1-4-14-32,33-15-5-2-6-16-33)34-26-23-30(24-27-34)31-25-28-41-37(29-31)35-17-8-11-21-40(35)47(41)44-46-38-19-9-7-18-36(38)43-45-39-20-10-12-22-42(39)48(43)44/h1-29H. The van der Waals surface area contributed by atoms with Gasteiger partial charge >= 0.3 is 0 Å². The maximum atomic E-state index is 14.9. The predicted molar refractivity (Wildman–Crippen MR) is 207 cm³/mol. The van der Waals surface area contributed by atoms with Crippen molar-refractivity contribution in [2.24, 2.45) is 0 Å². The highest BCUT2D eigenvalue weighted by Crippen LogP contribution is 2.43. The van der Waals surface area contributed by atoms with Crippen LogP contribution >= 0.6 is 7.14 Å². The van der Waals surface area contributed by atoms with Crippen molar-refractivity contribution in [2.75, 3.05) is 0 Å². The Morgan fingerprint density at radius 2 is 0.960 bits per heavy atom. The van der Waals surface area contributed by atoms with Gasteiger partial charge in [0.25, 0.3) is 0 Å². The Balaban J connectivity index is 1.16. The van der Waals surface area contributed by atoms with Crippen LogP contribution in [0.25, 0.3) is 66.5 Å². The third-order valence-electron chi connectivity index (χ3n) is 9.80. The highest BCUT2D eigenvalue weighted by molar-refractivity contribution is 7.85. The number of imidazole rings is 1. The Kier molecular flexibility index (Phi) is 6.39. The molecular weight excluding hydrogens is 631 g/mol. The van der Waals surface area contributed by atoms with E-state index in [9.17, 15) is 4.57 Å². The first-order valence-corrected chi connectivity index (χ1v) is 18.4. The van der Waals surface area contributed by atoms with Gasteiger partial charge < -0.3 is 4.57 Å². The summed E-state index contributed by atoms with van der Waals surface area (Å²) in [5.74, 6) is 0.799. The molecule has 0 saturated carbocycles. The molecule has 0 amide bonds. The number of benzene rings is 7. The summed E-state index contributed by atoms with van der Waals surface area (Å²) in [4.78, 5) is 10.4. The van der Waals surface area contributed by atoms with E-state index in [1.807, 2.05) is 91.0 Å². The molecule has 10 aromatic rings. The average molecular weight is 661 g/mol. The Morgan fingerprint density at radius 3 is 1.68 bits per heavy atom. The first kappa shape index (κ1) is 28.7. The highest BCUT2D eigenvalue weighted by Gasteiger charge is 2.29. The van der Waals surface area contributed by atoms with Crippen LogP contribution in [0, 0.1) is 0 Å². The second kappa shape index (κ2) is 11.1. The van der Waals surface area contributed by atoms with E-state index >= 15 is 0 Å². The predicted octanol–water partition coefficient (Wildman–Crippen LogP) is 9.44. The largest absolute Gasteiger partial charge is 0.309 e. The first-order valence-electron chi connectivity index (χ1n) is 16.7. The maximum absolute atomic E-state index is 14.9. The van der Waals surface area contributed by atoms with Gasteiger partial charge in [-0.05, 0) is 53.6 Å². The van der Waals surface area contributed by atoms with E-state index in [-0.39, 0.29) is 0 Å². The van der Waals surface area contributed by atoms with Gasteiger partial charge in [0.2, 0.25) is 5.95 Å². The van der Waals surface area contributed by atoms with Crippen LogP contribution in [-0.4, -0.2) is 18.9 Å². The van der Waals surface area contributed by atoms with Crippen LogP contribution in [0.4, 0.5) is 0 Å². The third-order valence-corrected chi connectivity index (χ3v) is 12.9. The fourth-order valence-electron chi connectivity index (χ4n) is 7.43. The van der Waals surface area contributed by atoms with Crippen molar-refractivity contribution >= 4 is 72.4 Å². The van der Waals surface area contributed by atoms with Crippen molar-refractivity contribution in [3.8, 4) is 17.1 Å². The summed E-state index contributed by atoms with van der Waals surface area (Å²) in [6.45, 7) is 0. The molecule has 0 fully saturated rings. The molecule has 3 heterocycles. The molecule has 0 aliphatic heterocycles. The Labute approximate surface area is 288 Å². The summed E-state index contributed by atoms with van der Waals surface area (Å²) in [5.41, 5.74) is 8.02. The van der Waals surface area contributed by atoms with E-state index in [4.69, 9.17) is 9.97 Å². The molecule has 7 aromatic carbocycles. The molecule has 0 radical (unpaired) electrons. The molecule has 5 nitrogen and oxygen atoms in total. The minimum Gasteiger partial charge on any atom is -0.309 e. The van der Waals surface area contributed by atoms with Crippen molar-refractivity contribution in [1.29, 1.82) is 0 Å². The zero-order valence-electron chi connectivity index (χ0n) is 26.9. The number of aromatic nitrogens is 4. The molecule has 0 aliphatic rings. The second-order valence-electron chi connectivity index (χ2n) is 12.6. The van der Waals surface area contributed by atoms with E-state index in [0.717, 1.165) is 82.4 Å². The zero-order chi connectivity index (χ0) is 33.2. The average Bonchev–Trinajstić information content (AvgIpc) is 3.74. The first-order chi connectivity index (χ1) is 24.7. The van der Waals surface area contributed by atoms with E-state index in [1.165, 1.54) is 0 Å². The van der Waals surface area contributed by atoms with Crippen LogP contribution in [-0.2, 0) is 4.57 Å². The minimum atomic E-state index is -3.06. The number of fused-ring (bicyclic) bond motifs is 8. The molecule has 50 heavy (non-hydrogen) atoms. The number of hydrogen-bond donors (Lipinski definition) is 0. The molecular formula is C44H29N4OP. The third kappa shape index (κ3) is 4.24. The fraction of sp³-hybridized carbons (Fsp3) is 0. The lowest BCUT2D eigenvalue weighted by Gasteiger charge is -2.20. The minimum absolute atomic E-state index is 0.799. The number of hydrogen-bond acceptors (Lipinski definition) is 3. The lowest BCUT2D eigenvalue weighted by molar-refractivity contribution is 0.592. The molecule has 3 aromatic heterocycles. The van der Waals surface area contributed by atoms with Crippen LogP contribution < -0.4 is 15.9 Å². The highest BCUT2D eigenvalue weighted by atomic mass is 31.2. The van der Waals surface area contributed by atoms with Crippen LogP contribution in [0.2, 0.25) is 0 Å². The van der Waals surface area contributed by atoms with E-state index in [2.05, 4.69) is 93.9 Å². The van der Waals surface area contributed by atoms with Crippen LogP contribution in [0.1, 0.15) is 0 Å². The van der Waals surface area contributed by atoms with Crippen molar-refractivity contribution < 1.29 is 4.57 Å². The Morgan fingerprint density at radius 1 is 0.420 bits per heavy atom. The molecule has 0 unspecified atom stereocenters. The fourth-order valence-corrected chi connectivity index (χ4v) is 10.1. The van der Waals surface area contributed by atoms with Crippen molar-refractivity contribution in [3.05, 3.63) is 176 Å². The molecule has 10 rings (SSSR count). The van der Waals surface area contributed by atoms with E-state index < -0.39 is 7.14 Å². The quantitative estimate of drug-likeness (QED) is 0.173. The van der Waals surface area contributed by atoms with Gasteiger partial charge in [0.15, 0.2) is 7.14 Å². The monoisotopic (exact) mass is 660 g/mol. The molecule has 0 bridgehead atoms. The van der Waals surface area contributed by atoms with Gasteiger partial charge in [-0.15, -0.1) is 0 Å². The lowest BCUT2D eigenvalue weighted by Crippen LogP contribution is -2.24. The Bertz CT molecular complexity index is 2900. The molecule has 0 N–H and O–H groups in total. The van der Waals surface area contributed by atoms with Crippen molar-refractivity contribution in [1.82, 2.24) is 18.9 Å². The smallest absolute Gasteiger partial charge is 0.221 e. The topological polar surface area (TPSA) is 52.2 Å². The second-order valence-corrected chi connectivity index (χ2v) is 15.4. The summed E-state index contributed by atoms with van der Waals surface area (Å²) in [7, 11) is -3.06. The zero-order valence-corrected chi connectivity index (χ0v) is 27.8. The van der Waals surface area contributed by atoms with Gasteiger partial charge in [0.1, 0.15) is 5.65 Å². The van der Waals surface area contributed by atoms with Gasteiger partial charge in [0, 0.05) is 32.1 Å². The number of nitrogens with zero attached hydrogens (tertiary/aromatic N) is 4. The van der Waals surface area contributed by atoms with Crippen LogP contribution in [0.15, 0.2) is 176 Å². The van der Waals surface area contributed by atoms with Crippen molar-refractivity contribution in [2.45, 2.75) is 0 Å². The van der Waals surface area contributed by atoms with Gasteiger partial charge in [-0.3, -0.25) is 8.97 Å². The number of para-hydroxylation sites is 4. The lowest BCUT2D eigenvalue weighted by atomic mass is 10.0. The summed E-state index contributed by atoms with van der Waals surface area (Å²) < 4.78 is 19.4. The van der Waals surface area contributed by atoms with Crippen LogP contribution in [0.5, 0.6) is 0 Å². The molecule has 0 aliphatic carbocycles. The van der Waals surface area contributed by atoms with E-state index in [1.54, 1.807) is 0 Å². The summed E-state index contributed by atoms with van der Waals surface area (Å²) >= 11 is 0. The maximum Gasteiger partial charge on any atom is 0.221 e. The van der Waals surface area contributed by atoms with Gasteiger partial charge in [0.05, 0.1) is 27.6 Å². The normalized spacial score (nSPS) is 12.1. The van der Waals surface area contributed by atoms with Gasteiger partial charge in [-0.25, -0.2) is 9.97 Å². The van der Waals surface area contributed by atoms with Gasteiger partial charge in [-0.2, -0.15) is 0 Å². The summed E-state index contributed by atoms with van der Waals surface area (Å²) in [6, 6.07) is 59.5. The summed E-state index contributed by atoms with van der Waals surface area (Å²) in [6.07, 6.45) is 0. The molecule has 0 spiro atoms. The number of rotatable bonds is 5. The van der Waals surface area contributed by atoms with Crippen molar-refractivity contribution in [3.63, 3.8) is 0 Å².